The Labute approximate surface area is 104 Å². The largest absolute Gasteiger partial charge is 1.00 e. The molecule has 10 heavy (non-hydrogen) atoms. The summed E-state index contributed by atoms with van der Waals surface area (Å²) in [4.78, 5) is 29.3. The molecule has 0 spiro atoms. The maximum Gasteiger partial charge on any atom is 1.00 e. The molecule has 0 amide bonds. The average molecular weight is 182 g/mol. The van der Waals surface area contributed by atoms with E-state index in [1.165, 1.54) is 6.92 Å². The number of carbonyl (C=O) groups is 1. The van der Waals surface area contributed by atoms with Crippen molar-refractivity contribution >= 4 is 13.1 Å². The van der Waals surface area contributed by atoms with Gasteiger partial charge >= 0.3 is 59.1 Å². The Balaban J connectivity index is -0.000000245. The molecule has 0 saturated heterocycles. The molecule has 0 aromatic heterocycles. The van der Waals surface area contributed by atoms with Gasteiger partial charge in [0.15, 0.2) is 5.52 Å². The summed E-state index contributed by atoms with van der Waals surface area (Å²) in [5.74, 6) is 0. The minimum absolute atomic E-state index is 0. The average Bonchev–Trinajstić information content (AvgIpc) is 1.62. The predicted molar refractivity (Wildman–Crippen MR) is 22.9 cm³/mol. The second-order valence-corrected chi connectivity index (χ2v) is 2.74. The first-order chi connectivity index (χ1) is 3.48. The standard InChI is InChI=1S/C3H7O4P.2Na/c1-2-3(4)8(5,6)7;;/h2H2,1H3,(H2,5,6,7);;/q;2*+1/p-2. The maximum absolute atomic E-state index is 9.95. The van der Waals surface area contributed by atoms with Crippen LogP contribution in [0, 0.1) is 0 Å². The van der Waals surface area contributed by atoms with Crippen molar-refractivity contribution in [2.75, 3.05) is 0 Å². The van der Waals surface area contributed by atoms with E-state index < -0.39 is 13.1 Å². The van der Waals surface area contributed by atoms with Crippen molar-refractivity contribution in [2.24, 2.45) is 0 Å². The molecule has 0 aliphatic heterocycles. The molecule has 0 fully saturated rings. The molecule has 0 radical (unpaired) electrons. The Morgan fingerprint density at radius 1 is 1.40 bits per heavy atom. The smallest absolute Gasteiger partial charge is 0.805 e. The van der Waals surface area contributed by atoms with Gasteiger partial charge in [-0.25, -0.2) is 0 Å². The number of hydrogen-bond acceptors (Lipinski definition) is 4. The molecule has 0 aliphatic carbocycles. The molecular weight excluding hydrogens is 177 g/mol. The third-order valence-corrected chi connectivity index (χ3v) is 1.54. The molecule has 0 N–H and O–H groups in total. The van der Waals surface area contributed by atoms with Gasteiger partial charge in [0.2, 0.25) is 0 Å². The van der Waals surface area contributed by atoms with Crippen molar-refractivity contribution in [3.8, 4) is 0 Å². The maximum atomic E-state index is 9.95. The number of carbonyl (C=O) groups excluding carboxylic acids is 1. The van der Waals surface area contributed by atoms with Gasteiger partial charge in [0.1, 0.15) is 0 Å². The van der Waals surface area contributed by atoms with E-state index in [0.29, 0.717) is 0 Å². The van der Waals surface area contributed by atoms with Gasteiger partial charge in [-0.15, -0.1) is 0 Å². The first-order valence-electron chi connectivity index (χ1n) is 2.04. The topological polar surface area (TPSA) is 80.3 Å². The summed E-state index contributed by atoms with van der Waals surface area (Å²) in [6, 6.07) is 0. The predicted octanol–water partition coefficient (Wildman–Crippen LogP) is -7.16. The van der Waals surface area contributed by atoms with Crippen LogP contribution in [-0.2, 0) is 9.36 Å². The third-order valence-electron chi connectivity index (χ3n) is 0.608. The third kappa shape index (κ3) is 7.92. The van der Waals surface area contributed by atoms with E-state index in [9.17, 15) is 19.1 Å². The summed E-state index contributed by atoms with van der Waals surface area (Å²) in [6.07, 6.45) is -0.232. The molecule has 0 bridgehead atoms. The van der Waals surface area contributed by atoms with Crippen molar-refractivity contribution in [3.63, 3.8) is 0 Å². The monoisotopic (exact) mass is 182 g/mol. The number of rotatable bonds is 2. The first-order valence-corrected chi connectivity index (χ1v) is 3.58. The van der Waals surface area contributed by atoms with Gasteiger partial charge in [0.05, 0.1) is 0 Å². The Morgan fingerprint density at radius 2 is 1.70 bits per heavy atom. The molecule has 0 heterocycles. The molecule has 0 atom stereocenters. The van der Waals surface area contributed by atoms with Crippen LogP contribution in [0.15, 0.2) is 0 Å². The second-order valence-electron chi connectivity index (χ2n) is 1.24. The SMILES string of the molecule is CCC(=O)P(=O)([O-])[O-].[Na+].[Na+]. The van der Waals surface area contributed by atoms with Gasteiger partial charge in [-0.2, -0.15) is 0 Å². The quantitative estimate of drug-likeness (QED) is 0.314. The first kappa shape index (κ1) is 17.8. The van der Waals surface area contributed by atoms with Gasteiger partial charge in [-0.3, -0.25) is 4.79 Å². The van der Waals surface area contributed by atoms with Gasteiger partial charge in [0.25, 0.3) is 0 Å². The summed E-state index contributed by atoms with van der Waals surface area (Å²) in [6.45, 7) is 1.32. The zero-order valence-electron chi connectivity index (χ0n) is 6.29. The van der Waals surface area contributed by atoms with Crippen LogP contribution >= 0.6 is 7.60 Å². The van der Waals surface area contributed by atoms with Gasteiger partial charge in [0, 0.05) is 14.0 Å². The Bertz CT molecular complexity index is 141. The molecule has 0 aromatic carbocycles. The Hall–Kier alpha value is 1.82. The van der Waals surface area contributed by atoms with E-state index in [-0.39, 0.29) is 65.5 Å². The zero-order chi connectivity index (χ0) is 6.78. The van der Waals surface area contributed by atoms with E-state index in [2.05, 4.69) is 0 Å². The van der Waals surface area contributed by atoms with Crippen molar-refractivity contribution < 1.29 is 78.3 Å². The van der Waals surface area contributed by atoms with E-state index >= 15 is 0 Å². The molecule has 0 aromatic rings. The summed E-state index contributed by atoms with van der Waals surface area (Å²) in [5, 5.41) is 0. The van der Waals surface area contributed by atoms with E-state index in [1.54, 1.807) is 0 Å². The van der Waals surface area contributed by atoms with Crippen LogP contribution in [0.4, 0.5) is 0 Å². The Kier molecular flexibility index (Phi) is 13.3. The van der Waals surface area contributed by atoms with Crippen LogP contribution in [0.25, 0.3) is 0 Å². The van der Waals surface area contributed by atoms with E-state index in [1.807, 2.05) is 0 Å². The fourth-order valence-corrected chi connectivity index (χ4v) is 0.581. The van der Waals surface area contributed by atoms with Crippen LogP contribution in [0.1, 0.15) is 13.3 Å². The van der Waals surface area contributed by atoms with Gasteiger partial charge < -0.3 is 14.4 Å². The molecule has 4 nitrogen and oxygen atoms in total. The zero-order valence-corrected chi connectivity index (χ0v) is 11.2. The summed E-state index contributed by atoms with van der Waals surface area (Å²) < 4.78 is 9.68. The molecule has 0 saturated carbocycles. The van der Waals surface area contributed by atoms with Crippen LogP contribution in [-0.4, -0.2) is 5.52 Å². The Morgan fingerprint density at radius 3 is 1.70 bits per heavy atom. The number of hydrogen-bond donors (Lipinski definition) is 0. The van der Waals surface area contributed by atoms with E-state index in [0.717, 1.165) is 0 Å². The fourth-order valence-electron chi connectivity index (χ4n) is 0.194. The van der Waals surface area contributed by atoms with Gasteiger partial charge in [-0.1, -0.05) is 6.92 Å². The summed E-state index contributed by atoms with van der Waals surface area (Å²) >= 11 is 0. The second kappa shape index (κ2) is 7.47. The van der Waals surface area contributed by atoms with Crippen molar-refractivity contribution in [2.45, 2.75) is 13.3 Å². The molecule has 0 unspecified atom stereocenters. The summed E-state index contributed by atoms with van der Waals surface area (Å²) in [7, 11) is -4.90. The van der Waals surface area contributed by atoms with Crippen molar-refractivity contribution in [3.05, 3.63) is 0 Å². The minimum Gasteiger partial charge on any atom is -0.805 e. The fraction of sp³-hybridized carbons (Fsp3) is 0.667. The summed E-state index contributed by atoms with van der Waals surface area (Å²) in [5.41, 5.74) is -1.22. The molecule has 0 aliphatic rings. The van der Waals surface area contributed by atoms with Crippen LogP contribution in [0.5, 0.6) is 0 Å². The molecular formula is C3H5Na2O4P. The van der Waals surface area contributed by atoms with Crippen LogP contribution in [0.3, 0.4) is 0 Å². The van der Waals surface area contributed by atoms with Crippen molar-refractivity contribution in [1.29, 1.82) is 0 Å². The van der Waals surface area contributed by atoms with Crippen LogP contribution in [0.2, 0.25) is 0 Å². The normalized spacial score (nSPS) is 9.10. The molecule has 7 heteroatoms. The van der Waals surface area contributed by atoms with Gasteiger partial charge in [-0.05, 0) is 0 Å². The minimum atomic E-state index is -4.90. The van der Waals surface area contributed by atoms with Crippen molar-refractivity contribution in [1.82, 2.24) is 0 Å². The van der Waals surface area contributed by atoms with Crippen LogP contribution < -0.4 is 68.9 Å². The molecule has 0 rings (SSSR count). The molecule has 48 valence electrons. The van der Waals surface area contributed by atoms with E-state index in [4.69, 9.17) is 0 Å².